The van der Waals surface area contributed by atoms with Crippen LogP contribution in [0.2, 0.25) is 0 Å². The fourth-order valence-corrected chi connectivity index (χ4v) is 3.70. The first-order valence-corrected chi connectivity index (χ1v) is 9.24. The average molecular weight is 326 g/mol. The van der Waals surface area contributed by atoms with Crippen LogP contribution in [-0.4, -0.2) is 43.5 Å². The molecule has 0 heterocycles. The normalized spacial score (nSPS) is 12.4. The fraction of sp³-hybridized carbons (Fsp3) is 0.562. The second-order valence-corrected chi connectivity index (χ2v) is 8.25. The van der Waals surface area contributed by atoms with Crippen molar-refractivity contribution in [3.63, 3.8) is 0 Å². The van der Waals surface area contributed by atoms with Gasteiger partial charge in [-0.15, -0.1) is 0 Å². The first-order valence-electron chi connectivity index (χ1n) is 7.39. The smallest absolute Gasteiger partial charge is 0.221 e. The highest BCUT2D eigenvalue weighted by molar-refractivity contribution is 7.88. The van der Waals surface area contributed by atoms with E-state index in [2.05, 4.69) is 5.32 Å². The highest BCUT2D eigenvalue weighted by atomic mass is 32.2. The maximum Gasteiger partial charge on any atom is 0.221 e. The number of hydrogen-bond acceptors (Lipinski definition) is 3. The first kappa shape index (κ1) is 18.6. The van der Waals surface area contributed by atoms with Gasteiger partial charge in [0.2, 0.25) is 15.9 Å². The molecule has 124 valence electrons. The number of benzene rings is 1. The summed E-state index contributed by atoms with van der Waals surface area (Å²) in [5, 5.41) is 2.83. The van der Waals surface area contributed by atoms with Crippen LogP contribution < -0.4 is 5.32 Å². The van der Waals surface area contributed by atoms with Gasteiger partial charge in [-0.1, -0.05) is 30.3 Å². The van der Waals surface area contributed by atoms with Gasteiger partial charge in [-0.3, -0.25) is 4.79 Å². The molecule has 0 aliphatic rings. The van der Waals surface area contributed by atoms with E-state index in [1.807, 2.05) is 51.1 Å². The van der Waals surface area contributed by atoms with E-state index in [0.29, 0.717) is 6.54 Å². The summed E-state index contributed by atoms with van der Waals surface area (Å²) in [7, 11) is -3.33. The van der Waals surface area contributed by atoms with Crippen LogP contribution in [0.15, 0.2) is 30.3 Å². The third-order valence-corrected chi connectivity index (χ3v) is 4.80. The summed E-state index contributed by atoms with van der Waals surface area (Å²) in [4.78, 5) is 11.9. The molecule has 0 bridgehead atoms. The van der Waals surface area contributed by atoms with E-state index < -0.39 is 15.6 Å². The summed E-state index contributed by atoms with van der Waals surface area (Å²) in [6, 6.07) is 9.90. The monoisotopic (exact) mass is 326 g/mol. The van der Waals surface area contributed by atoms with Gasteiger partial charge >= 0.3 is 0 Å². The lowest BCUT2D eigenvalue weighted by molar-refractivity contribution is -0.121. The Labute approximate surface area is 133 Å². The van der Waals surface area contributed by atoms with Gasteiger partial charge in [-0.05, 0) is 32.8 Å². The molecule has 6 heteroatoms. The molecule has 0 fully saturated rings. The van der Waals surface area contributed by atoms with Crippen molar-refractivity contribution in [3.05, 3.63) is 35.9 Å². The molecular weight excluding hydrogens is 300 g/mol. The largest absolute Gasteiger partial charge is 0.356 e. The second kappa shape index (κ2) is 7.74. The van der Waals surface area contributed by atoms with Crippen molar-refractivity contribution in [1.82, 2.24) is 9.62 Å². The molecule has 1 aromatic carbocycles. The van der Waals surface area contributed by atoms with Gasteiger partial charge in [0.15, 0.2) is 0 Å². The minimum atomic E-state index is -3.33. The Kier molecular flexibility index (Phi) is 6.56. The van der Waals surface area contributed by atoms with Crippen molar-refractivity contribution in [2.75, 3.05) is 19.3 Å². The number of carbonyl (C=O) groups is 1. The predicted molar refractivity (Wildman–Crippen MR) is 89.1 cm³/mol. The molecule has 0 atom stereocenters. The Bertz CT molecular complexity index is 577. The first-order chi connectivity index (χ1) is 10.1. The van der Waals surface area contributed by atoms with Gasteiger partial charge in [0, 0.05) is 25.0 Å². The van der Waals surface area contributed by atoms with Crippen molar-refractivity contribution in [2.45, 2.75) is 39.2 Å². The maximum atomic E-state index is 11.9. The van der Waals surface area contributed by atoms with E-state index in [9.17, 15) is 13.2 Å². The third kappa shape index (κ3) is 6.58. The summed E-state index contributed by atoms with van der Waals surface area (Å²) in [6.07, 6.45) is 2.10. The van der Waals surface area contributed by atoms with Crippen molar-refractivity contribution < 1.29 is 13.2 Å². The van der Waals surface area contributed by atoms with Crippen LogP contribution in [0.25, 0.3) is 0 Å². The minimum absolute atomic E-state index is 0.131. The summed E-state index contributed by atoms with van der Waals surface area (Å²) in [6.45, 7) is 6.21. The third-order valence-electron chi connectivity index (χ3n) is 3.27. The van der Waals surface area contributed by atoms with Crippen LogP contribution in [-0.2, 0) is 21.2 Å². The van der Waals surface area contributed by atoms with E-state index >= 15 is 0 Å². The summed E-state index contributed by atoms with van der Waals surface area (Å²) in [5.74, 6) is -0.131. The highest BCUT2D eigenvalue weighted by Gasteiger charge is 2.29. The number of sulfonamides is 1. The number of hydrogen-bond donors (Lipinski definition) is 1. The minimum Gasteiger partial charge on any atom is -0.356 e. The lowest BCUT2D eigenvalue weighted by Gasteiger charge is -2.33. The van der Waals surface area contributed by atoms with E-state index in [-0.39, 0.29) is 18.9 Å². The standard InChI is InChI=1S/C16H26N2O3S/c1-16(2,3)18(22(4,20)21)13-11-15(19)17-12-10-14-8-6-5-7-9-14/h5-9H,10-13H2,1-4H3,(H,17,19). The van der Waals surface area contributed by atoms with Crippen molar-refractivity contribution in [2.24, 2.45) is 0 Å². The van der Waals surface area contributed by atoms with Gasteiger partial charge in [-0.2, -0.15) is 4.31 Å². The molecule has 0 saturated heterocycles. The Morgan fingerprint density at radius 2 is 1.77 bits per heavy atom. The quantitative estimate of drug-likeness (QED) is 0.831. The number of amides is 1. The molecule has 0 spiro atoms. The number of nitrogens with zero attached hydrogens (tertiary/aromatic N) is 1. The van der Waals surface area contributed by atoms with Gasteiger partial charge in [-0.25, -0.2) is 8.42 Å². The zero-order chi connectivity index (χ0) is 16.8. The topological polar surface area (TPSA) is 66.5 Å². The molecule has 1 N–H and O–H groups in total. The van der Waals surface area contributed by atoms with Crippen LogP contribution in [0.1, 0.15) is 32.8 Å². The van der Waals surface area contributed by atoms with E-state index in [4.69, 9.17) is 0 Å². The highest BCUT2D eigenvalue weighted by Crippen LogP contribution is 2.17. The van der Waals surface area contributed by atoms with Crippen LogP contribution in [0.3, 0.4) is 0 Å². The molecule has 5 nitrogen and oxygen atoms in total. The van der Waals surface area contributed by atoms with Crippen molar-refractivity contribution >= 4 is 15.9 Å². The van der Waals surface area contributed by atoms with Crippen molar-refractivity contribution in [3.8, 4) is 0 Å². The number of nitrogens with one attached hydrogen (secondary N) is 1. The zero-order valence-corrected chi connectivity index (χ0v) is 14.6. The summed E-state index contributed by atoms with van der Waals surface area (Å²) in [5.41, 5.74) is 0.632. The van der Waals surface area contributed by atoms with Gasteiger partial charge < -0.3 is 5.32 Å². The zero-order valence-electron chi connectivity index (χ0n) is 13.8. The molecule has 0 saturated carbocycles. The lowest BCUT2D eigenvalue weighted by atomic mass is 10.1. The van der Waals surface area contributed by atoms with Gasteiger partial charge in [0.1, 0.15) is 0 Å². The Balaban J connectivity index is 2.42. The van der Waals surface area contributed by atoms with E-state index in [1.165, 1.54) is 10.6 Å². The van der Waals surface area contributed by atoms with Gasteiger partial charge in [0.25, 0.3) is 0 Å². The lowest BCUT2D eigenvalue weighted by Crippen LogP contribution is -2.46. The SMILES string of the molecule is CC(C)(C)N(CCC(=O)NCCc1ccccc1)S(C)(=O)=O. The molecule has 0 aromatic heterocycles. The number of carbonyl (C=O) groups excluding carboxylic acids is 1. The van der Waals surface area contributed by atoms with Crippen LogP contribution in [0.4, 0.5) is 0 Å². The molecule has 1 rings (SSSR count). The van der Waals surface area contributed by atoms with Crippen LogP contribution in [0, 0.1) is 0 Å². The molecular formula is C16H26N2O3S. The Morgan fingerprint density at radius 1 is 1.18 bits per heavy atom. The van der Waals surface area contributed by atoms with Gasteiger partial charge in [0.05, 0.1) is 6.26 Å². The molecule has 1 amide bonds. The molecule has 0 radical (unpaired) electrons. The predicted octanol–water partition coefficient (Wildman–Crippen LogP) is 1.80. The Morgan fingerprint density at radius 3 is 2.27 bits per heavy atom. The van der Waals surface area contributed by atoms with Crippen LogP contribution >= 0.6 is 0 Å². The maximum absolute atomic E-state index is 11.9. The Hall–Kier alpha value is -1.40. The van der Waals surface area contributed by atoms with Crippen LogP contribution in [0.5, 0.6) is 0 Å². The fourth-order valence-electron chi connectivity index (χ4n) is 2.28. The number of rotatable bonds is 7. The second-order valence-electron chi connectivity index (χ2n) is 6.34. The molecule has 22 heavy (non-hydrogen) atoms. The van der Waals surface area contributed by atoms with E-state index in [1.54, 1.807) is 0 Å². The summed E-state index contributed by atoms with van der Waals surface area (Å²) >= 11 is 0. The average Bonchev–Trinajstić information content (AvgIpc) is 2.37. The molecule has 1 aromatic rings. The summed E-state index contributed by atoms with van der Waals surface area (Å²) < 4.78 is 24.9. The molecule has 0 unspecified atom stereocenters. The molecule has 0 aliphatic carbocycles. The van der Waals surface area contributed by atoms with E-state index in [0.717, 1.165) is 12.0 Å². The molecule has 0 aliphatic heterocycles. The van der Waals surface area contributed by atoms with Crippen molar-refractivity contribution in [1.29, 1.82) is 0 Å².